The van der Waals surface area contributed by atoms with Gasteiger partial charge in [-0.15, -0.1) is 11.8 Å². The number of anilines is 1. The Morgan fingerprint density at radius 1 is 1.27 bits per heavy atom. The van der Waals surface area contributed by atoms with E-state index in [1.54, 1.807) is 23.9 Å². The molecule has 22 heavy (non-hydrogen) atoms. The number of ether oxygens (including phenoxy) is 1. The molecule has 3 nitrogen and oxygen atoms in total. The summed E-state index contributed by atoms with van der Waals surface area (Å²) in [5, 5.41) is 2.85. The molecular formula is C17H18FNO2S. The number of benzene rings is 2. The highest BCUT2D eigenvalue weighted by Crippen LogP contribution is 2.20. The predicted octanol–water partition coefficient (Wildman–Crippen LogP) is 4.13. The second-order valence-electron chi connectivity index (χ2n) is 4.75. The van der Waals surface area contributed by atoms with Crippen molar-refractivity contribution in [2.75, 3.05) is 18.7 Å². The van der Waals surface area contributed by atoms with Gasteiger partial charge in [0.1, 0.15) is 0 Å². The molecule has 0 aliphatic carbocycles. The maximum absolute atomic E-state index is 13.6. The Morgan fingerprint density at radius 2 is 2.09 bits per heavy atom. The number of halogens is 1. The van der Waals surface area contributed by atoms with Crippen LogP contribution in [0.5, 0.6) is 5.75 Å². The molecule has 0 atom stereocenters. The topological polar surface area (TPSA) is 38.3 Å². The second-order valence-corrected chi connectivity index (χ2v) is 5.63. The van der Waals surface area contributed by atoms with Gasteiger partial charge in [-0.1, -0.05) is 12.1 Å². The summed E-state index contributed by atoms with van der Waals surface area (Å²) in [4.78, 5) is 13.0. The van der Waals surface area contributed by atoms with Crippen molar-refractivity contribution >= 4 is 23.4 Å². The highest BCUT2D eigenvalue weighted by atomic mass is 32.2. The molecule has 0 aliphatic rings. The Balaban J connectivity index is 1.91. The first-order valence-electron chi connectivity index (χ1n) is 6.88. The fourth-order valence-corrected chi connectivity index (χ4v) is 2.51. The lowest BCUT2D eigenvalue weighted by atomic mass is 10.1. The number of amides is 1. The zero-order valence-corrected chi connectivity index (χ0v) is 13.4. The maximum atomic E-state index is 13.6. The van der Waals surface area contributed by atoms with E-state index in [9.17, 15) is 9.18 Å². The average molecular weight is 319 g/mol. The zero-order chi connectivity index (χ0) is 15.9. The van der Waals surface area contributed by atoms with Gasteiger partial charge in [0.15, 0.2) is 11.6 Å². The Morgan fingerprint density at radius 3 is 2.77 bits per heavy atom. The standard InChI is InChI=1S/C17H18FNO2S/c1-21-16-8-6-12(10-15(16)18)7-9-17(20)19-13-4-3-5-14(11-13)22-2/h3-6,8,10-11H,7,9H2,1-2H3,(H,19,20). The van der Waals surface area contributed by atoms with Gasteiger partial charge in [-0.2, -0.15) is 0 Å². The molecule has 0 saturated carbocycles. The predicted molar refractivity (Wildman–Crippen MR) is 88.1 cm³/mol. The fraction of sp³-hybridized carbons (Fsp3) is 0.235. The highest BCUT2D eigenvalue weighted by Gasteiger charge is 2.07. The van der Waals surface area contributed by atoms with E-state index in [1.165, 1.54) is 13.2 Å². The van der Waals surface area contributed by atoms with E-state index < -0.39 is 5.82 Å². The lowest BCUT2D eigenvalue weighted by Gasteiger charge is -2.07. The number of thioether (sulfide) groups is 1. The van der Waals surface area contributed by atoms with E-state index in [0.717, 1.165) is 16.1 Å². The lowest BCUT2D eigenvalue weighted by molar-refractivity contribution is -0.116. The summed E-state index contributed by atoms with van der Waals surface area (Å²) in [5.41, 5.74) is 1.55. The number of hydrogen-bond donors (Lipinski definition) is 1. The van der Waals surface area contributed by atoms with Gasteiger partial charge in [-0.05, 0) is 48.6 Å². The number of carbonyl (C=O) groups excluding carboxylic acids is 1. The van der Waals surface area contributed by atoms with Gasteiger partial charge in [0.2, 0.25) is 5.91 Å². The zero-order valence-electron chi connectivity index (χ0n) is 12.6. The quantitative estimate of drug-likeness (QED) is 0.814. The summed E-state index contributed by atoms with van der Waals surface area (Å²) in [6.07, 6.45) is 2.77. The molecule has 0 unspecified atom stereocenters. The summed E-state index contributed by atoms with van der Waals surface area (Å²) in [6.45, 7) is 0. The van der Waals surface area contributed by atoms with Gasteiger partial charge in [0.25, 0.3) is 0 Å². The molecule has 0 radical (unpaired) electrons. The van der Waals surface area contributed by atoms with E-state index in [2.05, 4.69) is 5.32 Å². The molecule has 2 rings (SSSR count). The van der Waals surface area contributed by atoms with Crippen LogP contribution < -0.4 is 10.1 Å². The molecule has 0 saturated heterocycles. The Kier molecular flexibility index (Phi) is 5.83. The van der Waals surface area contributed by atoms with Crippen molar-refractivity contribution < 1.29 is 13.9 Å². The van der Waals surface area contributed by atoms with Crippen molar-refractivity contribution in [3.8, 4) is 5.75 Å². The summed E-state index contributed by atoms with van der Waals surface area (Å²) in [7, 11) is 1.42. The van der Waals surface area contributed by atoms with Crippen LogP contribution in [-0.2, 0) is 11.2 Å². The third-order valence-corrected chi connectivity index (χ3v) is 3.94. The van der Waals surface area contributed by atoms with Crippen LogP contribution in [-0.4, -0.2) is 19.3 Å². The van der Waals surface area contributed by atoms with Crippen LogP contribution in [0.3, 0.4) is 0 Å². The molecule has 2 aromatic carbocycles. The Labute approximate surface area is 133 Å². The number of aryl methyl sites for hydroxylation is 1. The van der Waals surface area contributed by atoms with Gasteiger partial charge >= 0.3 is 0 Å². The SMILES string of the molecule is COc1ccc(CCC(=O)Nc2cccc(SC)c2)cc1F. The Bertz CT molecular complexity index is 661. The third-order valence-electron chi connectivity index (χ3n) is 3.21. The van der Waals surface area contributed by atoms with Crippen LogP contribution in [0.4, 0.5) is 10.1 Å². The molecule has 0 aromatic heterocycles. The summed E-state index contributed by atoms with van der Waals surface area (Å²) >= 11 is 1.62. The molecular weight excluding hydrogens is 301 g/mol. The lowest BCUT2D eigenvalue weighted by Crippen LogP contribution is -2.12. The first kappa shape index (κ1) is 16.4. The van der Waals surface area contributed by atoms with Crippen molar-refractivity contribution in [2.45, 2.75) is 17.7 Å². The molecule has 1 N–H and O–H groups in total. The van der Waals surface area contributed by atoms with Crippen molar-refractivity contribution in [1.29, 1.82) is 0 Å². The average Bonchev–Trinajstić information content (AvgIpc) is 2.53. The molecule has 2 aromatic rings. The summed E-state index contributed by atoms with van der Waals surface area (Å²) in [5.74, 6) is -0.287. The number of methoxy groups -OCH3 is 1. The number of rotatable bonds is 6. The second kappa shape index (κ2) is 7.84. The minimum Gasteiger partial charge on any atom is -0.494 e. The first-order valence-corrected chi connectivity index (χ1v) is 8.11. The maximum Gasteiger partial charge on any atom is 0.224 e. The van der Waals surface area contributed by atoms with Crippen molar-refractivity contribution in [2.24, 2.45) is 0 Å². The smallest absolute Gasteiger partial charge is 0.224 e. The Hall–Kier alpha value is -2.01. The third kappa shape index (κ3) is 4.49. The minimum absolute atomic E-state index is 0.0884. The number of carbonyl (C=O) groups is 1. The molecule has 5 heteroatoms. The molecule has 0 spiro atoms. The summed E-state index contributed by atoms with van der Waals surface area (Å²) < 4.78 is 18.4. The van der Waals surface area contributed by atoms with E-state index in [-0.39, 0.29) is 11.7 Å². The minimum atomic E-state index is -0.409. The molecule has 1 amide bonds. The van der Waals surface area contributed by atoms with E-state index in [1.807, 2.05) is 30.5 Å². The number of nitrogens with one attached hydrogen (secondary N) is 1. The van der Waals surface area contributed by atoms with Crippen LogP contribution >= 0.6 is 11.8 Å². The fourth-order valence-electron chi connectivity index (χ4n) is 2.05. The highest BCUT2D eigenvalue weighted by molar-refractivity contribution is 7.98. The van der Waals surface area contributed by atoms with Gasteiger partial charge < -0.3 is 10.1 Å². The largest absolute Gasteiger partial charge is 0.494 e. The van der Waals surface area contributed by atoms with Crippen molar-refractivity contribution in [3.05, 3.63) is 53.8 Å². The van der Waals surface area contributed by atoms with Gasteiger partial charge in [0, 0.05) is 17.0 Å². The monoisotopic (exact) mass is 319 g/mol. The van der Waals surface area contributed by atoms with Crippen LogP contribution in [0.2, 0.25) is 0 Å². The summed E-state index contributed by atoms with van der Waals surface area (Å²) in [6, 6.07) is 12.4. The van der Waals surface area contributed by atoms with Crippen LogP contribution in [0.15, 0.2) is 47.4 Å². The van der Waals surface area contributed by atoms with Gasteiger partial charge in [-0.25, -0.2) is 4.39 Å². The molecule has 0 bridgehead atoms. The molecule has 0 heterocycles. The van der Waals surface area contributed by atoms with Crippen LogP contribution in [0.25, 0.3) is 0 Å². The van der Waals surface area contributed by atoms with Crippen molar-refractivity contribution in [1.82, 2.24) is 0 Å². The van der Waals surface area contributed by atoms with E-state index in [0.29, 0.717) is 12.8 Å². The molecule has 116 valence electrons. The van der Waals surface area contributed by atoms with Crippen LogP contribution in [0, 0.1) is 5.82 Å². The van der Waals surface area contributed by atoms with E-state index >= 15 is 0 Å². The first-order chi connectivity index (χ1) is 10.6. The van der Waals surface area contributed by atoms with Crippen molar-refractivity contribution in [3.63, 3.8) is 0 Å². The number of hydrogen-bond acceptors (Lipinski definition) is 3. The normalized spacial score (nSPS) is 10.3. The molecule has 0 aliphatic heterocycles. The molecule has 0 fully saturated rings. The van der Waals surface area contributed by atoms with Crippen LogP contribution in [0.1, 0.15) is 12.0 Å². The van der Waals surface area contributed by atoms with E-state index in [4.69, 9.17) is 4.74 Å². The van der Waals surface area contributed by atoms with Gasteiger partial charge in [0.05, 0.1) is 7.11 Å². The van der Waals surface area contributed by atoms with Gasteiger partial charge in [-0.3, -0.25) is 4.79 Å².